The monoisotopic (exact) mass is 431 g/mol. The Hall–Kier alpha value is -3.33. The zero-order valence-corrected chi connectivity index (χ0v) is 17.1. The molecule has 0 spiro atoms. The molecule has 1 aromatic heterocycles. The summed E-state index contributed by atoms with van der Waals surface area (Å²) in [5, 5.41) is 9.13. The third-order valence-corrected chi connectivity index (χ3v) is 4.34. The summed E-state index contributed by atoms with van der Waals surface area (Å²) >= 11 is 0. The van der Waals surface area contributed by atoms with Crippen molar-refractivity contribution in [1.29, 1.82) is 5.26 Å². The van der Waals surface area contributed by atoms with Crippen LogP contribution in [-0.4, -0.2) is 47.4 Å². The standard InChI is InChI=1S/C20H22FN5O5/c1-20(2,31-21)11-29-26-18(27)15-16(23)24-17(13-5-3-4-12(8-13)9-22)25-19(15)30-14-6-7-28-10-14/h3-5,8,14H,6-7,10-11H2,1-2H3,(H,26,27)(H2,23,24,25). The van der Waals surface area contributed by atoms with Gasteiger partial charge in [-0.05, 0) is 30.5 Å². The number of nitrogens with one attached hydrogen (secondary N) is 1. The van der Waals surface area contributed by atoms with Crippen molar-refractivity contribution in [2.24, 2.45) is 0 Å². The number of nitriles is 1. The van der Waals surface area contributed by atoms with Crippen LogP contribution in [0, 0.1) is 11.3 Å². The van der Waals surface area contributed by atoms with E-state index in [0.29, 0.717) is 30.8 Å². The van der Waals surface area contributed by atoms with Crippen LogP contribution in [0.3, 0.4) is 0 Å². The Morgan fingerprint density at radius 3 is 2.94 bits per heavy atom. The molecule has 0 saturated carbocycles. The fourth-order valence-electron chi connectivity index (χ4n) is 2.72. The predicted octanol–water partition coefficient (Wildman–Crippen LogP) is 2.11. The highest BCUT2D eigenvalue weighted by Gasteiger charge is 2.27. The molecular formula is C20H22FN5O5. The number of nitrogens with zero attached hydrogens (tertiary/aromatic N) is 3. The van der Waals surface area contributed by atoms with Crippen LogP contribution < -0.4 is 16.0 Å². The van der Waals surface area contributed by atoms with Crippen LogP contribution in [0.1, 0.15) is 36.2 Å². The van der Waals surface area contributed by atoms with E-state index in [0.717, 1.165) is 0 Å². The lowest BCUT2D eigenvalue weighted by molar-refractivity contribution is -0.242. The van der Waals surface area contributed by atoms with Gasteiger partial charge >= 0.3 is 0 Å². The molecule has 1 aromatic carbocycles. The molecule has 2 heterocycles. The summed E-state index contributed by atoms with van der Waals surface area (Å²) in [6.45, 7) is 3.47. The van der Waals surface area contributed by atoms with Crippen molar-refractivity contribution in [3.63, 3.8) is 0 Å². The molecule has 0 aliphatic carbocycles. The van der Waals surface area contributed by atoms with E-state index in [-0.39, 0.29) is 35.8 Å². The maximum absolute atomic E-state index is 12.7. The van der Waals surface area contributed by atoms with E-state index in [1.807, 2.05) is 6.07 Å². The molecule has 1 aliphatic rings. The molecule has 3 rings (SSSR count). The molecule has 1 aliphatic heterocycles. The molecule has 1 fully saturated rings. The molecule has 2 aromatic rings. The van der Waals surface area contributed by atoms with E-state index in [1.165, 1.54) is 13.8 Å². The lowest BCUT2D eigenvalue weighted by atomic mass is 10.1. The molecule has 1 unspecified atom stereocenters. The van der Waals surface area contributed by atoms with Gasteiger partial charge in [0.2, 0.25) is 5.88 Å². The molecule has 0 radical (unpaired) electrons. The lowest BCUT2D eigenvalue weighted by Gasteiger charge is -2.19. The number of hydroxylamine groups is 1. The molecule has 1 saturated heterocycles. The smallest absolute Gasteiger partial charge is 0.284 e. The average molecular weight is 431 g/mol. The van der Waals surface area contributed by atoms with Crippen LogP contribution in [0.2, 0.25) is 0 Å². The summed E-state index contributed by atoms with van der Waals surface area (Å²) in [5.74, 6) is -0.780. The zero-order valence-electron chi connectivity index (χ0n) is 17.1. The fourth-order valence-corrected chi connectivity index (χ4v) is 2.72. The molecular weight excluding hydrogens is 409 g/mol. The summed E-state index contributed by atoms with van der Waals surface area (Å²) < 4.78 is 23.6. The lowest BCUT2D eigenvalue weighted by Crippen LogP contribution is -2.35. The van der Waals surface area contributed by atoms with E-state index >= 15 is 0 Å². The van der Waals surface area contributed by atoms with Gasteiger partial charge in [-0.15, -0.1) is 0 Å². The minimum atomic E-state index is -1.26. The van der Waals surface area contributed by atoms with Gasteiger partial charge in [0.15, 0.2) is 5.82 Å². The Bertz CT molecular complexity index is 988. The average Bonchev–Trinajstić information content (AvgIpc) is 3.26. The Morgan fingerprint density at radius 1 is 1.45 bits per heavy atom. The number of benzene rings is 1. The van der Waals surface area contributed by atoms with Crippen molar-refractivity contribution in [3.8, 4) is 23.3 Å². The summed E-state index contributed by atoms with van der Waals surface area (Å²) in [6.07, 6.45) is 0.293. The number of halogens is 1. The highest BCUT2D eigenvalue weighted by Crippen LogP contribution is 2.28. The first-order valence-electron chi connectivity index (χ1n) is 9.47. The SMILES string of the molecule is CC(C)(CONC(=O)c1c(N)nc(-c2cccc(C#N)c2)nc1OC1CCOC1)OF. The third kappa shape index (κ3) is 5.64. The third-order valence-electron chi connectivity index (χ3n) is 4.34. The van der Waals surface area contributed by atoms with Gasteiger partial charge in [0.25, 0.3) is 5.91 Å². The zero-order chi connectivity index (χ0) is 22.4. The van der Waals surface area contributed by atoms with Crippen LogP contribution in [0.4, 0.5) is 10.3 Å². The largest absolute Gasteiger partial charge is 0.471 e. The maximum atomic E-state index is 12.7. The molecule has 3 N–H and O–H groups in total. The van der Waals surface area contributed by atoms with Gasteiger partial charge < -0.3 is 15.2 Å². The number of aromatic nitrogens is 2. The van der Waals surface area contributed by atoms with E-state index in [9.17, 15) is 9.32 Å². The first kappa shape index (κ1) is 22.4. The number of ether oxygens (including phenoxy) is 2. The van der Waals surface area contributed by atoms with Crippen LogP contribution in [0.25, 0.3) is 11.4 Å². The topological polar surface area (TPSA) is 142 Å². The molecule has 10 nitrogen and oxygen atoms in total. The maximum Gasteiger partial charge on any atom is 0.284 e. The number of carbonyl (C=O) groups is 1. The highest BCUT2D eigenvalue weighted by atomic mass is 19.3. The van der Waals surface area contributed by atoms with Crippen molar-refractivity contribution in [1.82, 2.24) is 15.4 Å². The van der Waals surface area contributed by atoms with E-state index in [4.69, 9.17) is 25.3 Å². The molecule has 11 heteroatoms. The van der Waals surface area contributed by atoms with Gasteiger partial charge in [-0.2, -0.15) is 15.2 Å². The Kier molecular flexibility index (Phi) is 6.96. The molecule has 1 amide bonds. The van der Waals surface area contributed by atoms with Crippen LogP contribution in [-0.2, 0) is 14.5 Å². The van der Waals surface area contributed by atoms with Crippen LogP contribution in [0.15, 0.2) is 24.3 Å². The fraction of sp³-hybridized carbons (Fsp3) is 0.400. The number of anilines is 1. The van der Waals surface area contributed by atoms with Crippen LogP contribution >= 0.6 is 0 Å². The first-order chi connectivity index (χ1) is 14.8. The number of amides is 1. The summed E-state index contributed by atoms with van der Waals surface area (Å²) in [4.78, 5) is 30.0. The highest BCUT2D eigenvalue weighted by molar-refractivity contribution is 6.00. The van der Waals surface area contributed by atoms with Gasteiger partial charge in [0.05, 0.1) is 24.8 Å². The second kappa shape index (κ2) is 9.65. The number of carbonyl (C=O) groups excluding carboxylic acids is 1. The first-order valence-corrected chi connectivity index (χ1v) is 9.47. The van der Waals surface area contributed by atoms with Gasteiger partial charge in [-0.1, -0.05) is 12.1 Å². The van der Waals surface area contributed by atoms with E-state index in [2.05, 4.69) is 20.4 Å². The Morgan fingerprint density at radius 2 is 2.26 bits per heavy atom. The molecule has 0 bridgehead atoms. The van der Waals surface area contributed by atoms with Crippen molar-refractivity contribution >= 4 is 11.7 Å². The van der Waals surface area contributed by atoms with Crippen LogP contribution in [0.5, 0.6) is 5.88 Å². The minimum absolute atomic E-state index is 0.0533. The summed E-state index contributed by atoms with van der Waals surface area (Å²) in [7, 11) is 0. The van der Waals surface area contributed by atoms with Gasteiger partial charge in [-0.25, -0.2) is 10.5 Å². The van der Waals surface area contributed by atoms with Crippen molar-refractivity contribution < 1.29 is 28.6 Å². The van der Waals surface area contributed by atoms with Crippen molar-refractivity contribution in [2.75, 3.05) is 25.6 Å². The van der Waals surface area contributed by atoms with Crippen molar-refractivity contribution in [3.05, 3.63) is 35.4 Å². The van der Waals surface area contributed by atoms with Gasteiger partial charge in [0.1, 0.15) is 29.7 Å². The summed E-state index contributed by atoms with van der Waals surface area (Å²) in [6, 6.07) is 8.67. The van der Waals surface area contributed by atoms with Gasteiger partial charge in [0, 0.05) is 12.0 Å². The molecule has 1 atom stereocenters. The van der Waals surface area contributed by atoms with Gasteiger partial charge in [-0.3, -0.25) is 9.63 Å². The number of nitrogens with two attached hydrogens (primary N) is 1. The predicted molar refractivity (Wildman–Crippen MR) is 106 cm³/mol. The van der Waals surface area contributed by atoms with E-state index in [1.54, 1.807) is 24.3 Å². The van der Waals surface area contributed by atoms with Crippen molar-refractivity contribution in [2.45, 2.75) is 32.0 Å². The number of hydrogen-bond donors (Lipinski definition) is 2. The number of hydrogen-bond acceptors (Lipinski definition) is 9. The summed E-state index contributed by atoms with van der Waals surface area (Å²) in [5.41, 5.74) is 7.79. The Labute approximate surface area is 177 Å². The molecule has 31 heavy (non-hydrogen) atoms. The number of rotatable bonds is 8. The quantitative estimate of drug-likeness (QED) is 0.601. The number of nitrogen functional groups attached to an aromatic ring is 1. The molecule has 164 valence electrons. The second-order valence-electron chi connectivity index (χ2n) is 7.47. The second-order valence-corrected chi connectivity index (χ2v) is 7.47. The Balaban J connectivity index is 1.91. The van der Waals surface area contributed by atoms with E-state index < -0.39 is 11.5 Å². The normalized spacial score (nSPS) is 16.0. The minimum Gasteiger partial charge on any atom is -0.471 e.